The van der Waals surface area contributed by atoms with Gasteiger partial charge in [-0.15, -0.1) is 0 Å². The summed E-state index contributed by atoms with van der Waals surface area (Å²) in [5, 5.41) is 3.03. The van der Waals surface area contributed by atoms with Crippen LogP contribution in [0.1, 0.15) is 316 Å². The smallest absolute Gasteiger partial charge is 0.306 e. The first-order chi connectivity index (χ1) is 35.4. The van der Waals surface area contributed by atoms with Gasteiger partial charge in [0, 0.05) is 12.8 Å². The standard InChI is InChI=1S/C63H123N2O7P/c1-7-10-13-16-19-22-25-27-29-31-32-34-35-37-40-43-46-49-52-55-62(66)64-60(59-71-73(68,69)70-58-57-65(4,5)6)61(54-51-48-45-42-39-24-21-18-15-12-9-3)72-63(67)56-53-50-47-44-41-38-36-33-30-28-26-23-20-17-14-11-8-2/h28,30,51,54,60-61H,7-27,29,31-50,52-53,55-59H2,1-6H3,(H-,64,66,68,69)/b30-28+,54-51+. The summed E-state index contributed by atoms with van der Waals surface area (Å²) in [6.07, 6.45) is 62.8. The molecule has 0 saturated carbocycles. The molecule has 0 aliphatic heterocycles. The van der Waals surface area contributed by atoms with Gasteiger partial charge in [-0.2, -0.15) is 0 Å². The van der Waals surface area contributed by atoms with Crippen LogP contribution in [0.4, 0.5) is 0 Å². The number of nitrogens with one attached hydrogen (secondary N) is 1. The Balaban J connectivity index is 5.17. The molecule has 73 heavy (non-hydrogen) atoms. The van der Waals surface area contributed by atoms with Gasteiger partial charge < -0.3 is 28.5 Å². The summed E-state index contributed by atoms with van der Waals surface area (Å²) in [5.74, 6) is -0.530. The van der Waals surface area contributed by atoms with Crippen LogP contribution in [-0.2, 0) is 27.9 Å². The van der Waals surface area contributed by atoms with Gasteiger partial charge >= 0.3 is 5.97 Å². The summed E-state index contributed by atoms with van der Waals surface area (Å²) in [6, 6.07) is -0.884. The summed E-state index contributed by atoms with van der Waals surface area (Å²) in [4.78, 5) is 40.0. The SMILES string of the molecule is CCCCCCCC/C=C/CCCCCCCCCC(=O)OC(/C=C/CCCCCCCCCCC)C(COP(=O)([O-])OCC[N+](C)(C)C)NC(=O)CCCCCCCCCCCCCCCCCCCCC. The molecule has 1 N–H and O–H groups in total. The highest BCUT2D eigenvalue weighted by atomic mass is 31.2. The number of esters is 1. The minimum Gasteiger partial charge on any atom is -0.756 e. The molecule has 0 aromatic rings. The van der Waals surface area contributed by atoms with Gasteiger partial charge in [-0.1, -0.05) is 270 Å². The molecule has 0 aliphatic carbocycles. The van der Waals surface area contributed by atoms with E-state index in [9.17, 15) is 19.0 Å². The number of hydrogen-bond donors (Lipinski definition) is 1. The summed E-state index contributed by atoms with van der Waals surface area (Å²) >= 11 is 0. The Hall–Kier alpha value is -1.51. The van der Waals surface area contributed by atoms with Crippen molar-refractivity contribution in [2.45, 2.75) is 328 Å². The molecule has 0 spiro atoms. The molecule has 3 atom stereocenters. The fourth-order valence-electron chi connectivity index (χ4n) is 9.46. The maximum atomic E-state index is 13.5. The lowest BCUT2D eigenvalue weighted by Crippen LogP contribution is -2.47. The molecule has 0 fully saturated rings. The summed E-state index contributed by atoms with van der Waals surface area (Å²) in [6.45, 7) is 6.87. The second-order valence-electron chi connectivity index (χ2n) is 22.9. The zero-order valence-corrected chi connectivity index (χ0v) is 50.3. The van der Waals surface area contributed by atoms with Crippen molar-refractivity contribution in [2.24, 2.45) is 0 Å². The van der Waals surface area contributed by atoms with Crippen molar-refractivity contribution >= 4 is 19.7 Å². The van der Waals surface area contributed by atoms with E-state index in [0.717, 1.165) is 64.2 Å². The number of rotatable bonds is 58. The maximum absolute atomic E-state index is 13.5. The summed E-state index contributed by atoms with van der Waals surface area (Å²) in [7, 11) is 1.20. The molecule has 0 bridgehead atoms. The van der Waals surface area contributed by atoms with Crippen LogP contribution in [0, 0.1) is 0 Å². The lowest BCUT2D eigenvalue weighted by molar-refractivity contribution is -0.870. The first-order valence-electron chi connectivity index (χ1n) is 31.6. The lowest BCUT2D eigenvalue weighted by Gasteiger charge is -2.30. The Morgan fingerprint density at radius 3 is 1.16 bits per heavy atom. The number of quaternary nitrogens is 1. The van der Waals surface area contributed by atoms with Crippen molar-refractivity contribution in [3.63, 3.8) is 0 Å². The van der Waals surface area contributed by atoms with Crippen molar-refractivity contribution in [3.05, 3.63) is 24.3 Å². The molecule has 0 heterocycles. The number of allylic oxidation sites excluding steroid dienone is 3. The van der Waals surface area contributed by atoms with Crippen LogP contribution in [-0.4, -0.2) is 69.4 Å². The lowest BCUT2D eigenvalue weighted by atomic mass is 10.0. The Morgan fingerprint density at radius 2 is 0.795 bits per heavy atom. The molecular formula is C63H123N2O7P. The van der Waals surface area contributed by atoms with E-state index in [-0.39, 0.29) is 31.5 Å². The fourth-order valence-corrected chi connectivity index (χ4v) is 10.2. The van der Waals surface area contributed by atoms with Crippen LogP contribution in [0.5, 0.6) is 0 Å². The highest BCUT2D eigenvalue weighted by Gasteiger charge is 2.27. The van der Waals surface area contributed by atoms with E-state index in [2.05, 4.69) is 38.2 Å². The Kier molecular flexibility index (Phi) is 52.8. The van der Waals surface area contributed by atoms with Gasteiger partial charge in [0.1, 0.15) is 19.3 Å². The Morgan fingerprint density at radius 1 is 0.466 bits per heavy atom. The monoisotopic (exact) mass is 1050 g/mol. The number of carbonyl (C=O) groups is 2. The molecule has 0 saturated heterocycles. The second kappa shape index (κ2) is 53.9. The molecule has 0 aliphatic rings. The van der Waals surface area contributed by atoms with E-state index in [4.69, 9.17) is 13.8 Å². The van der Waals surface area contributed by atoms with Crippen molar-refractivity contribution < 1.29 is 37.3 Å². The molecule has 9 nitrogen and oxygen atoms in total. The van der Waals surface area contributed by atoms with Crippen LogP contribution >= 0.6 is 7.82 Å². The predicted octanol–water partition coefficient (Wildman–Crippen LogP) is 18.7. The largest absolute Gasteiger partial charge is 0.756 e. The third-order valence-electron chi connectivity index (χ3n) is 14.4. The quantitative estimate of drug-likeness (QED) is 0.0212. The van der Waals surface area contributed by atoms with E-state index in [1.165, 1.54) is 218 Å². The number of amides is 1. The second-order valence-corrected chi connectivity index (χ2v) is 24.3. The van der Waals surface area contributed by atoms with Gasteiger partial charge in [0.25, 0.3) is 7.82 Å². The molecule has 3 unspecified atom stereocenters. The third kappa shape index (κ3) is 55.1. The fraction of sp³-hybridized carbons (Fsp3) is 0.905. The van der Waals surface area contributed by atoms with Gasteiger partial charge in [-0.25, -0.2) is 0 Å². The topological polar surface area (TPSA) is 114 Å². The van der Waals surface area contributed by atoms with Crippen LogP contribution in [0.2, 0.25) is 0 Å². The van der Waals surface area contributed by atoms with Crippen LogP contribution in [0.25, 0.3) is 0 Å². The summed E-state index contributed by atoms with van der Waals surface area (Å²) in [5.41, 5.74) is 0. The average Bonchev–Trinajstić information content (AvgIpc) is 3.35. The minimum atomic E-state index is -4.69. The van der Waals surface area contributed by atoms with E-state index in [1.54, 1.807) is 0 Å². The zero-order valence-electron chi connectivity index (χ0n) is 49.4. The molecule has 432 valence electrons. The predicted molar refractivity (Wildman–Crippen MR) is 312 cm³/mol. The van der Waals surface area contributed by atoms with Crippen molar-refractivity contribution in [1.29, 1.82) is 0 Å². The molecule has 1 amide bonds. The van der Waals surface area contributed by atoms with Gasteiger partial charge in [0.05, 0.1) is 33.8 Å². The number of ether oxygens (including phenoxy) is 1. The number of carbonyl (C=O) groups excluding carboxylic acids is 2. The molecule has 10 heteroatoms. The first kappa shape index (κ1) is 71.5. The highest BCUT2D eigenvalue weighted by molar-refractivity contribution is 7.45. The van der Waals surface area contributed by atoms with Crippen LogP contribution in [0.3, 0.4) is 0 Å². The van der Waals surface area contributed by atoms with Crippen LogP contribution < -0.4 is 10.2 Å². The zero-order chi connectivity index (χ0) is 53.6. The van der Waals surface area contributed by atoms with Gasteiger partial charge in [0.15, 0.2) is 0 Å². The van der Waals surface area contributed by atoms with E-state index < -0.39 is 20.0 Å². The number of hydrogen-bond acceptors (Lipinski definition) is 7. The molecule has 0 radical (unpaired) electrons. The maximum Gasteiger partial charge on any atom is 0.306 e. The van der Waals surface area contributed by atoms with Crippen molar-refractivity contribution in [2.75, 3.05) is 40.9 Å². The van der Waals surface area contributed by atoms with Gasteiger partial charge in [-0.05, 0) is 57.4 Å². The van der Waals surface area contributed by atoms with Gasteiger partial charge in [0.2, 0.25) is 5.91 Å². The number of nitrogens with zero attached hydrogens (tertiary/aromatic N) is 1. The van der Waals surface area contributed by atoms with Crippen molar-refractivity contribution in [1.82, 2.24) is 5.32 Å². The van der Waals surface area contributed by atoms with E-state index in [1.807, 2.05) is 33.3 Å². The van der Waals surface area contributed by atoms with Crippen molar-refractivity contribution in [3.8, 4) is 0 Å². The van der Waals surface area contributed by atoms with E-state index in [0.29, 0.717) is 17.4 Å². The Labute approximate surface area is 454 Å². The van der Waals surface area contributed by atoms with E-state index >= 15 is 0 Å². The molecule has 0 aromatic carbocycles. The third-order valence-corrected chi connectivity index (χ3v) is 15.3. The average molecular weight is 1050 g/mol. The first-order valence-corrected chi connectivity index (χ1v) is 33.1. The normalized spacial score (nSPS) is 13.8. The number of phosphoric acid groups is 1. The van der Waals surface area contributed by atoms with Crippen LogP contribution in [0.15, 0.2) is 24.3 Å². The number of phosphoric ester groups is 1. The number of unbranched alkanes of at least 4 members (excludes halogenated alkanes) is 40. The van der Waals surface area contributed by atoms with Gasteiger partial charge in [-0.3, -0.25) is 14.2 Å². The molecular weight excluding hydrogens is 928 g/mol. The molecule has 0 aromatic heterocycles. The molecule has 0 rings (SSSR count). The minimum absolute atomic E-state index is 0.0194. The Bertz CT molecular complexity index is 1300. The number of likely N-dealkylation sites (N-methyl/N-ethyl adjacent to an activating group) is 1. The summed E-state index contributed by atoms with van der Waals surface area (Å²) < 4.78 is 30.3. The highest BCUT2D eigenvalue weighted by Crippen LogP contribution is 2.38.